The minimum Gasteiger partial charge on any atom is -0.353 e. The minimum atomic E-state index is -0.486. The molecule has 2 amide bonds. The molecule has 148 valence electrons. The van der Waals surface area contributed by atoms with E-state index in [1.807, 2.05) is 57.2 Å². The molecule has 5 heteroatoms. The Labute approximate surface area is 171 Å². The fraction of sp³-hybridized carbons (Fsp3) is 0.391. The topological polar surface area (TPSA) is 49.4 Å². The fourth-order valence-electron chi connectivity index (χ4n) is 3.41. The number of nitrogens with one attached hydrogen (secondary N) is 1. The molecule has 1 N–H and O–H groups in total. The lowest BCUT2D eigenvalue weighted by molar-refractivity contribution is -0.144. The van der Waals surface area contributed by atoms with E-state index in [1.165, 1.54) is 0 Å². The van der Waals surface area contributed by atoms with Gasteiger partial charge in [0, 0.05) is 23.6 Å². The Bertz CT molecular complexity index is 763. The summed E-state index contributed by atoms with van der Waals surface area (Å²) < 4.78 is 0. The molecule has 0 saturated carbocycles. The first kappa shape index (κ1) is 20.5. The summed E-state index contributed by atoms with van der Waals surface area (Å²) in [5.74, 6) is 1.26. The molecular weight excluding hydrogens is 368 g/mol. The highest BCUT2D eigenvalue weighted by Gasteiger charge is 2.39. The number of carbonyl (C=O) groups is 2. The maximum absolute atomic E-state index is 12.9. The van der Waals surface area contributed by atoms with Crippen molar-refractivity contribution in [1.29, 1.82) is 0 Å². The third-order valence-corrected chi connectivity index (χ3v) is 5.98. The second kappa shape index (κ2) is 8.82. The molecule has 1 saturated heterocycles. The van der Waals surface area contributed by atoms with Crippen LogP contribution in [0.1, 0.15) is 37.8 Å². The van der Waals surface area contributed by atoms with Crippen LogP contribution in [0.5, 0.6) is 0 Å². The van der Waals surface area contributed by atoms with Gasteiger partial charge < -0.3 is 10.2 Å². The van der Waals surface area contributed by atoms with Crippen molar-refractivity contribution in [3.8, 4) is 0 Å². The van der Waals surface area contributed by atoms with Crippen LogP contribution in [0.4, 0.5) is 0 Å². The molecule has 4 nitrogen and oxygen atoms in total. The Hall–Kier alpha value is -2.27. The fourth-order valence-corrected chi connectivity index (χ4v) is 4.56. The van der Waals surface area contributed by atoms with Crippen molar-refractivity contribution < 1.29 is 9.59 Å². The first-order valence-electron chi connectivity index (χ1n) is 9.64. The van der Waals surface area contributed by atoms with Gasteiger partial charge in [-0.1, -0.05) is 81.4 Å². The maximum Gasteiger partial charge on any atom is 0.243 e. The van der Waals surface area contributed by atoms with Gasteiger partial charge in [-0.05, 0) is 11.1 Å². The molecule has 0 aromatic heterocycles. The summed E-state index contributed by atoms with van der Waals surface area (Å²) in [6, 6.07) is 20.0. The van der Waals surface area contributed by atoms with Gasteiger partial charge >= 0.3 is 0 Å². The van der Waals surface area contributed by atoms with Crippen LogP contribution >= 0.6 is 11.8 Å². The summed E-state index contributed by atoms with van der Waals surface area (Å²) in [4.78, 5) is 27.4. The lowest BCUT2D eigenvalue weighted by atomic mass is 9.91. The molecule has 1 aliphatic heterocycles. The molecular formula is C23H28N2O2S. The van der Waals surface area contributed by atoms with Gasteiger partial charge in [-0.3, -0.25) is 9.59 Å². The van der Waals surface area contributed by atoms with Gasteiger partial charge in [-0.2, -0.15) is 0 Å². The predicted octanol–water partition coefficient (Wildman–Crippen LogP) is 3.88. The summed E-state index contributed by atoms with van der Waals surface area (Å²) in [5, 5.41) is 3.11. The molecule has 1 fully saturated rings. The largest absolute Gasteiger partial charge is 0.353 e. The third kappa shape index (κ3) is 4.76. The van der Waals surface area contributed by atoms with Crippen LogP contribution in [0.2, 0.25) is 0 Å². The Balaban J connectivity index is 1.73. The van der Waals surface area contributed by atoms with Crippen molar-refractivity contribution in [1.82, 2.24) is 10.2 Å². The van der Waals surface area contributed by atoms with Crippen molar-refractivity contribution in [3.63, 3.8) is 0 Å². The molecule has 1 heterocycles. The van der Waals surface area contributed by atoms with Gasteiger partial charge in [0.15, 0.2) is 0 Å². The first-order chi connectivity index (χ1) is 13.4. The third-order valence-electron chi connectivity index (χ3n) is 4.97. The van der Waals surface area contributed by atoms with Crippen molar-refractivity contribution in [3.05, 3.63) is 71.8 Å². The number of hydrogen-bond donors (Lipinski definition) is 1. The number of carbonyl (C=O) groups excluding carboxylic acids is 2. The van der Waals surface area contributed by atoms with Crippen LogP contribution < -0.4 is 5.32 Å². The van der Waals surface area contributed by atoms with Gasteiger partial charge in [-0.15, -0.1) is 11.8 Å². The Kier molecular flexibility index (Phi) is 6.45. The summed E-state index contributed by atoms with van der Waals surface area (Å²) in [5.41, 5.74) is 1.84. The van der Waals surface area contributed by atoms with Crippen LogP contribution in [-0.2, 0) is 9.59 Å². The molecule has 1 unspecified atom stereocenters. The van der Waals surface area contributed by atoms with E-state index < -0.39 is 11.5 Å². The van der Waals surface area contributed by atoms with Crippen molar-refractivity contribution in [2.75, 3.05) is 18.2 Å². The second-order valence-corrected chi connectivity index (χ2v) is 9.16. The molecule has 0 bridgehead atoms. The number of rotatable bonds is 5. The summed E-state index contributed by atoms with van der Waals surface area (Å²) in [6.07, 6.45) is 0. The molecule has 3 rings (SSSR count). The summed E-state index contributed by atoms with van der Waals surface area (Å²) >= 11 is 1.63. The molecule has 2 aromatic carbocycles. The zero-order chi connectivity index (χ0) is 20.1. The van der Waals surface area contributed by atoms with Crippen LogP contribution in [0, 0.1) is 5.41 Å². The normalized spacial score (nSPS) is 17.0. The molecule has 0 spiro atoms. The molecule has 28 heavy (non-hydrogen) atoms. The van der Waals surface area contributed by atoms with E-state index in [0.717, 1.165) is 11.1 Å². The molecule has 1 atom stereocenters. The second-order valence-electron chi connectivity index (χ2n) is 8.16. The summed E-state index contributed by atoms with van der Waals surface area (Å²) in [6.45, 7) is 6.20. The zero-order valence-electron chi connectivity index (χ0n) is 16.7. The Morgan fingerprint density at radius 3 is 2.07 bits per heavy atom. The molecule has 0 radical (unpaired) electrons. The number of thioether (sulfide) groups is 1. The average molecular weight is 397 g/mol. The maximum atomic E-state index is 12.9. The monoisotopic (exact) mass is 396 g/mol. The van der Waals surface area contributed by atoms with E-state index in [9.17, 15) is 9.59 Å². The number of nitrogens with zero attached hydrogens (tertiary/aromatic N) is 1. The van der Waals surface area contributed by atoms with Gasteiger partial charge in [-0.25, -0.2) is 0 Å². The van der Waals surface area contributed by atoms with Gasteiger partial charge in [0.2, 0.25) is 11.8 Å². The quantitative estimate of drug-likeness (QED) is 0.834. The van der Waals surface area contributed by atoms with E-state index in [-0.39, 0.29) is 17.7 Å². The van der Waals surface area contributed by atoms with Crippen molar-refractivity contribution >= 4 is 23.6 Å². The Morgan fingerprint density at radius 1 is 1.04 bits per heavy atom. The molecule has 0 aliphatic carbocycles. The lowest BCUT2D eigenvalue weighted by Crippen LogP contribution is -2.50. The van der Waals surface area contributed by atoms with E-state index >= 15 is 0 Å². The van der Waals surface area contributed by atoms with E-state index in [2.05, 4.69) is 29.6 Å². The van der Waals surface area contributed by atoms with Crippen LogP contribution in [0.3, 0.4) is 0 Å². The smallest absolute Gasteiger partial charge is 0.243 e. The predicted molar refractivity (Wildman–Crippen MR) is 115 cm³/mol. The van der Waals surface area contributed by atoms with E-state index in [4.69, 9.17) is 0 Å². The molecule has 2 aromatic rings. The van der Waals surface area contributed by atoms with Crippen LogP contribution in [0.25, 0.3) is 0 Å². The number of hydrogen-bond acceptors (Lipinski definition) is 3. The number of benzene rings is 2. The van der Waals surface area contributed by atoms with E-state index in [1.54, 1.807) is 16.7 Å². The average Bonchev–Trinajstić information content (AvgIpc) is 3.18. The van der Waals surface area contributed by atoms with Crippen LogP contribution in [-0.4, -0.2) is 40.9 Å². The van der Waals surface area contributed by atoms with Gasteiger partial charge in [0.25, 0.3) is 0 Å². The Morgan fingerprint density at radius 2 is 1.57 bits per heavy atom. The highest BCUT2D eigenvalue weighted by molar-refractivity contribution is 7.99. The van der Waals surface area contributed by atoms with Gasteiger partial charge in [0.1, 0.15) is 6.04 Å². The zero-order valence-corrected chi connectivity index (χ0v) is 17.5. The lowest BCUT2D eigenvalue weighted by Gasteiger charge is -2.30. The standard InChI is InChI=1S/C23H28N2O2S/c1-23(2,3)22(27)25-16-28-15-20(25)21(26)24-14-19(17-10-6-4-7-11-17)18-12-8-5-9-13-18/h4-13,19-20H,14-16H2,1-3H3,(H,24,26). The minimum absolute atomic E-state index is 0.0281. The van der Waals surface area contributed by atoms with E-state index in [0.29, 0.717) is 18.2 Å². The van der Waals surface area contributed by atoms with Gasteiger partial charge in [0.05, 0.1) is 5.88 Å². The van der Waals surface area contributed by atoms with Crippen molar-refractivity contribution in [2.45, 2.75) is 32.7 Å². The number of amides is 2. The summed E-state index contributed by atoms with van der Waals surface area (Å²) in [7, 11) is 0. The first-order valence-corrected chi connectivity index (χ1v) is 10.8. The molecule has 1 aliphatic rings. The highest BCUT2D eigenvalue weighted by Crippen LogP contribution is 2.28. The van der Waals surface area contributed by atoms with Crippen molar-refractivity contribution in [2.24, 2.45) is 5.41 Å². The van der Waals surface area contributed by atoms with Crippen LogP contribution in [0.15, 0.2) is 60.7 Å². The highest BCUT2D eigenvalue weighted by atomic mass is 32.2. The SMILES string of the molecule is CC(C)(C)C(=O)N1CSCC1C(=O)NCC(c1ccccc1)c1ccccc1.